The summed E-state index contributed by atoms with van der Waals surface area (Å²) in [5.41, 5.74) is 1.11. The first-order valence-electron chi connectivity index (χ1n) is 8.31. The molecule has 0 bridgehead atoms. The molecule has 1 aromatic rings. The molecule has 0 aliphatic carbocycles. The second-order valence-electron chi connectivity index (χ2n) is 7.46. The lowest BCUT2D eigenvalue weighted by Gasteiger charge is -2.24. The van der Waals surface area contributed by atoms with Crippen molar-refractivity contribution in [3.63, 3.8) is 0 Å². The van der Waals surface area contributed by atoms with E-state index < -0.39 is 15.3 Å². The molecule has 1 radical (unpaired) electrons. The molecule has 2 rings (SSSR count). The average Bonchev–Trinajstić information content (AvgIpc) is 2.70. The summed E-state index contributed by atoms with van der Waals surface area (Å²) < 4.78 is 5.68. The van der Waals surface area contributed by atoms with Gasteiger partial charge in [-0.1, -0.05) is 32.9 Å². The SMILES string of the molecule is C[Si](CC(C)(C)C)OC(O)CCCN1C(=O)c2ccccc2C1=O. The fourth-order valence-corrected chi connectivity index (χ4v) is 5.11. The van der Waals surface area contributed by atoms with Crippen molar-refractivity contribution in [2.45, 2.75) is 52.5 Å². The molecule has 1 heterocycles. The van der Waals surface area contributed by atoms with E-state index in [-0.39, 0.29) is 17.2 Å². The smallest absolute Gasteiger partial charge is 0.261 e. The van der Waals surface area contributed by atoms with Crippen molar-refractivity contribution < 1.29 is 19.1 Å². The highest BCUT2D eigenvalue weighted by Gasteiger charge is 2.34. The quantitative estimate of drug-likeness (QED) is 0.467. The molecule has 0 aromatic heterocycles. The third-order valence-corrected chi connectivity index (χ3v) is 6.06. The van der Waals surface area contributed by atoms with E-state index in [0.717, 1.165) is 6.04 Å². The van der Waals surface area contributed by atoms with Crippen LogP contribution in [0.2, 0.25) is 12.6 Å². The number of aliphatic hydroxyl groups excluding tert-OH is 1. The molecule has 1 aromatic carbocycles. The number of carbonyl (C=O) groups is 2. The summed E-state index contributed by atoms with van der Waals surface area (Å²) in [6.45, 7) is 8.80. The number of hydrogen-bond acceptors (Lipinski definition) is 4. The first-order valence-corrected chi connectivity index (χ1v) is 10.4. The summed E-state index contributed by atoms with van der Waals surface area (Å²) >= 11 is 0. The van der Waals surface area contributed by atoms with Crippen LogP contribution < -0.4 is 0 Å². The summed E-state index contributed by atoms with van der Waals surface area (Å²) in [5.74, 6) is -0.502. The monoisotopic (exact) mass is 348 g/mol. The summed E-state index contributed by atoms with van der Waals surface area (Å²) in [7, 11) is -1.06. The highest BCUT2D eigenvalue weighted by Crippen LogP contribution is 2.24. The normalized spacial score (nSPS) is 16.0. The van der Waals surface area contributed by atoms with Crippen LogP contribution in [0.3, 0.4) is 0 Å². The Kier molecular flexibility index (Phi) is 5.95. The van der Waals surface area contributed by atoms with Crippen molar-refractivity contribution >= 4 is 20.9 Å². The number of nitrogens with zero attached hydrogens (tertiary/aromatic N) is 1. The zero-order valence-electron chi connectivity index (χ0n) is 14.8. The standard InChI is InChI=1S/C18H26NO4Si/c1-18(2,3)12-24(4)23-15(20)10-7-11-19-16(21)13-8-5-6-9-14(13)17(19)22/h5-6,8-9,15,20H,7,10-12H2,1-4H3. The third kappa shape index (κ3) is 4.75. The molecule has 0 fully saturated rings. The van der Waals surface area contributed by atoms with Gasteiger partial charge in [0.15, 0.2) is 0 Å². The van der Waals surface area contributed by atoms with Gasteiger partial charge in [-0.05, 0) is 43.0 Å². The van der Waals surface area contributed by atoms with Gasteiger partial charge in [0.25, 0.3) is 11.8 Å². The maximum Gasteiger partial charge on any atom is 0.261 e. The van der Waals surface area contributed by atoms with Crippen molar-refractivity contribution in [2.75, 3.05) is 6.54 Å². The van der Waals surface area contributed by atoms with Gasteiger partial charge in [0, 0.05) is 6.54 Å². The molecule has 24 heavy (non-hydrogen) atoms. The summed E-state index contributed by atoms with van der Waals surface area (Å²) in [4.78, 5) is 25.7. The number of fused-ring (bicyclic) bond motifs is 1. The Balaban J connectivity index is 1.79. The lowest BCUT2D eigenvalue weighted by atomic mass is 10.0. The van der Waals surface area contributed by atoms with Crippen LogP contribution in [-0.4, -0.2) is 43.7 Å². The molecule has 0 saturated heterocycles. The molecule has 1 aliphatic rings. The number of aliphatic hydroxyl groups is 1. The summed E-state index contributed by atoms with van der Waals surface area (Å²) in [6, 6.07) is 7.81. The van der Waals surface area contributed by atoms with Crippen molar-refractivity contribution in [2.24, 2.45) is 5.41 Å². The number of benzene rings is 1. The topological polar surface area (TPSA) is 66.8 Å². The van der Waals surface area contributed by atoms with Crippen LogP contribution in [-0.2, 0) is 4.43 Å². The lowest BCUT2D eigenvalue weighted by molar-refractivity contribution is -0.0287. The van der Waals surface area contributed by atoms with Crippen molar-refractivity contribution in [3.8, 4) is 0 Å². The molecule has 6 heteroatoms. The van der Waals surface area contributed by atoms with Gasteiger partial charge in [0.05, 0.1) is 11.1 Å². The van der Waals surface area contributed by atoms with Crippen LogP contribution in [0.4, 0.5) is 0 Å². The third-order valence-electron chi connectivity index (χ3n) is 3.83. The molecule has 2 amide bonds. The van der Waals surface area contributed by atoms with E-state index in [9.17, 15) is 14.7 Å². The summed E-state index contributed by atoms with van der Waals surface area (Å²) in [6.07, 6.45) is 0.109. The minimum Gasteiger partial charge on any atom is -0.392 e. The Bertz CT molecular complexity index is 576. The van der Waals surface area contributed by atoms with Gasteiger partial charge in [0.2, 0.25) is 9.04 Å². The lowest BCUT2D eigenvalue weighted by Crippen LogP contribution is -2.32. The van der Waals surface area contributed by atoms with Gasteiger partial charge in [-0.25, -0.2) is 0 Å². The molecule has 0 spiro atoms. The zero-order valence-corrected chi connectivity index (χ0v) is 15.8. The van der Waals surface area contributed by atoms with Gasteiger partial charge in [-0.15, -0.1) is 0 Å². The number of carbonyl (C=O) groups excluding carboxylic acids is 2. The molecule has 131 valence electrons. The second kappa shape index (κ2) is 7.59. The maximum absolute atomic E-state index is 12.2. The highest BCUT2D eigenvalue weighted by atomic mass is 28.3. The fraction of sp³-hybridized carbons (Fsp3) is 0.556. The van der Waals surface area contributed by atoms with E-state index in [1.54, 1.807) is 24.3 Å². The maximum atomic E-state index is 12.2. The van der Waals surface area contributed by atoms with E-state index in [2.05, 4.69) is 20.8 Å². The number of rotatable bonds is 7. The van der Waals surface area contributed by atoms with E-state index >= 15 is 0 Å². The van der Waals surface area contributed by atoms with E-state index in [0.29, 0.717) is 30.5 Å². The average molecular weight is 348 g/mol. The number of hydrogen-bond donors (Lipinski definition) is 1. The van der Waals surface area contributed by atoms with Crippen molar-refractivity contribution in [1.29, 1.82) is 0 Å². The van der Waals surface area contributed by atoms with Crippen molar-refractivity contribution in [3.05, 3.63) is 35.4 Å². The molecular formula is C18H26NO4Si. The molecule has 1 unspecified atom stereocenters. The number of amides is 2. The molecule has 5 nitrogen and oxygen atoms in total. The van der Waals surface area contributed by atoms with Gasteiger partial charge in [-0.2, -0.15) is 0 Å². The Labute approximate surface area is 145 Å². The van der Waals surface area contributed by atoms with Crippen molar-refractivity contribution in [1.82, 2.24) is 4.90 Å². The molecule has 1 aliphatic heterocycles. The number of imide groups is 1. The first-order chi connectivity index (χ1) is 11.2. The van der Waals surface area contributed by atoms with Crippen LogP contribution >= 0.6 is 0 Å². The second-order valence-corrected chi connectivity index (χ2v) is 9.45. The van der Waals surface area contributed by atoms with E-state index in [4.69, 9.17) is 4.43 Å². The zero-order chi connectivity index (χ0) is 17.9. The van der Waals surface area contributed by atoms with E-state index in [1.165, 1.54) is 4.90 Å². The molecular weight excluding hydrogens is 322 g/mol. The van der Waals surface area contributed by atoms with Crippen LogP contribution in [0.1, 0.15) is 54.3 Å². The minimum absolute atomic E-state index is 0.183. The predicted molar refractivity (Wildman–Crippen MR) is 94.0 cm³/mol. The van der Waals surface area contributed by atoms with Crippen LogP contribution in [0.25, 0.3) is 0 Å². The summed E-state index contributed by atoms with van der Waals surface area (Å²) in [5, 5.41) is 10.0. The highest BCUT2D eigenvalue weighted by molar-refractivity contribution is 6.50. The van der Waals surface area contributed by atoms with Gasteiger partial charge < -0.3 is 9.53 Å². The Morgan fingerprint density at radius 3 is 2.21 bits per heavy atom. The van der Waals surface area contributed by atoms with Crippen LogP contribution in [0, 0.1) is 5.41 Å². The van der Waals surface area contributed by atoms with Gasteiger partial charge >= 0.3 is 0 Å². The fourth-order valence-electron chi connectivity index (χ4n) is 2.95. The molecule has 1 N–H and O–H groups in total. The Morgan fingerprint density at radius 2 is 1.71 bits per heavy atom. The minimum atomic E-state index is -1.06. The van der Waals surface area contributed by atoms with Crippen LogP contribution in [0.5, 0.6) is 0 Å². The van der Waals surface area contributed by atoms with Gasteiger partial charge in [0.1, 0.15) is 6.29 Å². The molecule has 0 saturated carbocycles. The van der Waals surface area contributed by atoms with E-state index in [1.807, 2.05) is 6.55 Å². The van der Waals surface area contributed by atoms with Crippen LogP contribution in [0.15, 0.2) is 24.3 Å². The molecule has 1 atom stereocenters. The predicted octanol–water partition coefficient (Wildman–Crippen LogP) is 3.07. The van der Waals surface area contributed by atoms with Gasteiger partial charge in [-0.3, -0.25) is 14.5 Å². The Hall–Kier alpha value is -1.50. The Morgan fingerprint density at radius 1 is 1.17 bits per heavy atom. The largest absolute Gasteiger partial charge is 0.392 e. The first kappa shape index (κ1) is 18.8.